The number of rotatable bonds is 5. The summed E-state index contributed by atoms with van der Waals surface area (Å²) in [5.74, 6) is 0.758. The molecule has 0 saturated carbocycles. The summed E-state index contributed by atoms with van der Waals surface area (Å²) in [7, 11) is 0. The Morgan fingerprint density at radius 3 is 2.45 bits per heavy atom. The Kier molecular flexibility index (Phi) is 4.81. The van der Waals surface area contributed by atoms with Gasteiger partial charge in [-0.05, 0) is 30.4 Å². The first-order valence-electron chi connectivity index (χ1n) is 7.71. The van der Waals surface area contributed by atoms with E-state index in [2.05, 4.69) is 50.4 Å². The zero-order chi connectivity index (χ0) is 14.7. The van der Waals surface area contributed by atoms with Crippen LogP contribution in [0.3, 0.4) is 0 Å². The van der Waals surface area contributed by atoms with Crippen molar-refractivity contribution in [2.24, 2.45) is 0 Å². The van der Waals surface area contributed by atoms with Crippen LogP contribution < -0.4 is 5.32 Å². The monoisotopic (exact) mass is 274 g/mol. The Labute approximate surface area is 122 Å². The molecule has 2 unspecified atom stereocenters. The van der Waals surface area contributed by atoms with Gasteiger partial charge >= 0.3 is 0 Å². The third-order valence-corrected chi connectivity index (χ3v) is 4.04. The number of nitrogens with zero attached hydrogens (tertiary/aromatic N) is 1. The standard InChI is InChI=1S/C17H26N2O/c1-5-6-11-19-16(18-13(4)17(19)20)15-9-7-14(8-10-15)12(2)3/h7-10,12-13,16,18H,5-6,11H2,1-4H3. The minimum atomic E-state index is -0.0818. The first-order valence-corrected chi connectivity index (χ1v) is 7.71. The van der Waals surface area contributed by atoms with Crippen LogP contribution in [-0.2, 0) is 4.79 Å². The second kappa shape index (κ2) is 6.40. The van der Waals surface area contributed by atoms with Gasteiger partial charge in [0.25, 0.3) is 0 Å². The maximum Gasteiger partial charge on any atom is 0.241 e. The quantitative estimate of drug-likeness (QED) is 0.892. The molecule has 1 amide bonds. The average molecular weight is 274 g/mol. The summed E-state index contributed by atoms with van der Waals surface area (Å²) in [6.45, 7) is 9.33. The predicted molar refractivity (Wildman–Crippen MR) is 82.5 cm³/mol. The van der Waals surface area contributed by atoms with Crippen LogP contribution in [0, 0.1) is 0 Å². The van der Waals surface area contributed by atoms with Crippen LogP contribution in [0.25, 0.3) is 0 Å². The molecule has 1 heterocycles. The summed E-state index contributed by atoms with van der Waals surface area (Å²) >= 11 is 0. The highest BCUT2D eigenvalue weighted by molar-refractivity contribution is 5.84. The molecular weight excluding hydrogens is 248 g/mol. The number of nitrogens with one attached hydrogen (secondary N) is 1. The summed E-state index contributed by atoms with van der Waals surface area (Å²) in [6.07, 6.45) is 2.20. The minimum absolute atomic E-state index is 0.0327. The number of carbonyl (C=O) groups excluding carboxylic acids is 1. The van der Waals surface area contributed by atoms with Crippen molar-refractivity contribution < 1.29 is 4.79 Å². The molecule has 1 saturated heterocycles. The van der Waals surface area contributed by atoms with Crippen LogP contribution in [0.5, 0.6) is 0 Å². The Morgan fingerprint density at radius 2 is 1.90 bits per heavy atom. The van der Waals surface area contributed by atoms with Gasteiger partial charge in [-0.25, -0.2) is 0 Å². The lowest BCUT2D eigenvalue weighted by molar-refractivity contribution is -0.129. The molecule has 1 aromatic rings. The molecule has 3 heteroatoms. The van der Waals surface area contributed by atoms with Crippen molar-refractivity contribution in [2.45, 2.75) is 58.7 Å². The Balaban J connectivity index is 2.18. The lowest BCUT2D eigenvalue weighted by Gasteiger charge is -2.24. The largest absolute Gasteiger partial charge is 0.322 e. The zero-order valence-corrected chi connectivity index (χ0v) is 13.0. The molecule has 2 rings (SSSR count). The van der Waals surface area contributed by atoms with E-state index in [0.29, 0.717) is 5.92 Å². The molecule has 0 aliphatic carbocycles. The van der Waals surface area contributed by atoms with Crippen molar-refractivity contribution in [1.29, 1.82) is 0 Å². The van der Waals surface area contributed by atoms with Gasteiger partial charge in [0.05, 0.1) is 6.04 Å². The summed E-state index contributed by atoms with van der Waals surface area (Å²) in [5, 5.41) is 3.40. The van der Waals surface area contributed by atoms with Crippen LogP contribution in [0.2, 0.25) is 0 Å². The van der Waals surface area contributed by atoms with Crippen molar-refractivity contribution in [1.82, 2.24) is 10.2 Å². The summed E-state index contributed by atoms with van der Waals surface area (Å²) in [4.78, 5) is 14.2. The van der Waals surface area contributed by atoms with Crippen molar-refractivity contribution in [2.75, 3.05) is 6.54 Å². The van der Waals surface area contributed by atoms with Gasteiger partial charge in [0, 0.05) is 6.54 Å². The Bertz CT molecular complexity index is 453. The molecule has 0 spiro atoms. The van der Waals surface area contributed by atoms with Gasteiger partial charge in [-0.2, -0.15) is 0 Å². The summed E-state index contributed by atoms with van der Waals surface area (Å²) < 4.78 is 0. The second-order valence-corrected chi connectivity index (χ2v) is 6.00. The fourth-order valence-electron chi connectivity index (χ4n) is 2.68. The predicted octanol–water partition coefficient (Wildman–Crippen LogP) is 3.43. The molecule has 20 heavy (non-hydrogen) atoms. The lowest BCUT2D eigenvalue weighted by Crippen LogP contribution is -2.31. The lowest BCUT2D eigenvalue weighted by atomic mass is 10.0. The van der Waals surface area contributed by atoms with Crippen molar-refractivity contribution in [3.63, 3.8) is 0 Å². The fraction of sp³-hybridized carbons (Fsp3) is 0.588. The van der Waals surface area contributed by atoms with Crippen LogP contribution in [0.1, 0.15) is 63.7 Å². The molecule has 1 N–H and O–H groups in total. The fourth-order valence-corrected chi connectivity index (χ4v) is 2.68. The molecule has 2 atom stereocenters. The molecule has 3 nitrogen and oxygen atoms in total. The van der Waals surface area contributed by atoms with Gasteiger partial charge in [0.15, 0.2) is 0 Å². The maximum atomic E-state index is 12.2. The molecule has 0 radical (unpaired) electrons. The van der Waals surface area contributed by atoms with Gasteiger partial charge in [-0.15, -0.1) is 0 Å². The number of benzene rings is 1. The molecule has 1 aliphatic rings. The van der Waals surface area contributed by atoms with E-state index in [-0.39, 0.29) is 18.1 Å². The van der Waals surface area contributed by atoms with Gasteiger partial charge in [-0.1, -0.05) is 51.5 Å². The second-order valence-electron chi connectivity index (χ2n) is 6.00. The number of amides is 1. The van der Waals surface area contributed by atoms with Crippen LogP contribution in [0.4, 0.5) is 0 Å². The maximum absolute atomic E-state index is 12.2. The highest BCUT2D eigenvalue weighted by Crippen LogP contribution is 2.27. The molecular formula is C17H26N2O. The van der Waals surface area contributed by atoms with Crippen molar-refractivity contribution >= 4 is 5.91 Å². The van der Waals surface area contributed by atoms with Gasteiger partial charge in [0.2, 0.25) is 5.91 Å². The third-order valence-electron chi connectivity index (χ3n) is 4.04. The van der Waals surface area contributed by atoms with Crippen LogP contribution in [-0.4, -0.2) is 23.4 Å². The molecule has 0 aromatic heterocycles. The van der Waals surface area contributed by atoms with Crippen molar-refractivity contribution in [3.8, 4) is 0 Å². The van der Waals surface area contributed by atoms with Gasteiger partial charge < -0.3 is 4.90 Å². The molecule has 1 aliphatic heterocycles. The Morgan fingerprint density at radius 1 is 1.25 bits per heavy atom. The average Bonchev–Trinajstić information content (AvgIpc) is 2.72. The van der Waals surface area contributed by atoms with E-state index in [9.17, 15) is 4.79 Å². The number of carbonyl (C=O) groups is 1. The highest BCUT2D eigenvalue weighted by Gasteiger charge is 2.36. The topological polar surface area (TPSA) is 32.3 Å². The third kappa shape index (κ3) is 3.04. The number of hydrogen-bond acceptors (Lipinski definition) is 2. The molecule has 110 valence electrons. The molecule has 1 aromatic carbocycles. The zero-order valence-electron chi connectivity index (χ0n) is 13.0. The first kappa shape index (κ1) is 15.0. The van der Waals surface area contributed by atoms with E-state index in [1.54, 1.807) is 0 Å². The van der Waals surface area contributed by atoms with Gasteiger partial charge in [0.1, 0.15) is 6.17 Å². The molecule has 0 bridgehead atoms. The van der Waals surface area contributed by atoms with E-state index in [1.165, 1.54) is 11.1 Å². The van der Waals surface area contributed by atoms with E-state index >= 15 is 0 Å². The minimum Gasteiger partial charge on any atom is -0.322 e. The molecule has 1 fully saturated rings. The van der Waals surface area contributed by atoms with E-state index in [0.717, 1.165) is 19.4 Å². The van der Waals surface area contributed by atoms with Gasteiger partial charge in [-0.3, -0.25) is 10.1 Å². The number of hydrogen-bond donors (Lipinski definition) is 1. The Hall–Kier alpha value is -1.35. The first-order chi connectivity index (χ1) is 9.54. The number of unbranched alkanes of at least 4 members (excludes halogenated alkanes) is 1. The summed E-state index contributed by atoms with van der Waals surface area (Å²) in [5.41, 5.74) is 2.52. The SMILES string of the molecule is CCCCN1C(=O)C(C)NC1c1ccc(C(C)C)cc1. The van der Waals surface area contributed by atoms with Crippen LogP contribution in [0.15, 0.2) is 24.3 Å². The summed E-state index contributed by atoms with van der Waals surface area (Å²) in [6, 6.07) is 8.57. The highest BCUT2D eigenvalue weighted by atomic mass is 16.2. The van der Waals surface area contributed by atoms with E-state index in [1.807, 2.05) is 11.8 Å². The van der Waals surface area contributed by atoms with E-state index in [4.69, 9.17) is 0 Å². The van der Waals surface area contributed by atoms with Crippen LogP contribution >= 0.6 is 0 Å². The normalized spacial score (nSPS) is 22.9. The van der Waals surface area contributed by atoms with Crippen molar-refractivity contribution in [3.05, 3.63) is 35.4 Å². The smallest absolute Gasteiger partial charge is 0.241 e. The van der Waals surface area contributed by atoms with E-state index < -0.39 is 0 Å².